The van der Waals surface area contributed by atoms with Gasteiger partial charge in [-0.3, -0.25) is 0 Å². The van der Waals surface area contributed by atoms with Crippen molar-refractivity contribution in [2.75, 3.05) is 0 Å². The van der Waals surface area contributed by atoms with Crippen molar-refractivity contribution in [2.45, 2.75) is 108 Å². The van der Waals surface area contributed by atoms with E-state index in [-0.39, 0.29) is 12.6 Å². The Labute approximate surface area is 161 Å². The topological polar surface area (TPSA) is 194 Å². The summed E-state index contributed by atoms with van der Waals surface area (Å²) in [5, 5.41) is 65.2. The van der Waals surface area contributed by atoms with Gasteiger partial charge >= 0.3 is 11.8 Å². The molecule has 0 amide bonds. The molecule has 0 fully saturated rings. The first-order valence-corrected chi connectivity index (χ1v) is 9.58. The Morgan fingerprint density at radius 1 is 0.667 bits per heavy atom. The molecule has 9 nitrogen and oxygen atoms in total. The lowest BCUT2D eigenvalue weighted by Crippen LogP contribution is -2.71. The van der Waals surface area contributed by atoms with Gasteiger partial charge in [0.1, 0.15) is 0 Å². The van der Waals surface area contributed by atoms with Crippen LogP contribution in [-0.2, 0) is 4.79 Å². The van der Waals surface area contributed by atoms with E-state index in [2.05, 4.69) is 6.92 Å². The standard InChI is InChI=1S/C18H36O8.H3N/c1-2-3-4-5-6-7-8-9-10-11-12-13-14-16(21,22)18(25,26)17(23,24)15(19)20;/h21-26H,2-14H2,1H3,(H,19,20);1H3. The van der Waals surface area contributed by atoms with Gasteiger partial charge in [-0.2, -0.15) is 0 Å². The highest BCUT2D eigenvalue weighted by atomic mass is 16.7. The van der Waals surface area contributed by atoms with E-state index in [1.165, 1.54) is 38.5 Å². The third-order valence-corrected chi connectivity index (χ3v) is 4.72. The molecule has 164 valence electrons. The SMILES string of the molecule is CCCCCCCCCCCCCCC(O)(O)C(O)(O)C(O)(O)C(=O)O.N. The Kier molecular flexibility index (Phi) is 14.1. The number of carboxylic acid groups (broad SMARTS) is 1. The van der Waals surface area contributed by atoms with E-state index in [9.17, 15) is 35.4 Å². The molecule has 0 bridgehead atoms. The highest BCUT2D eigenvalue weighted by molar-refractivity contribution is 5.76. The number of aliphatic hydroxyl groups is 6. The fraction of sp³-hybridized carbons (Fsp3) is 0.944. The fourth-order valence-electron chi connectivity index (χ4n) is 2.82. The molecule has 0 aromatic heterocycles. The van der Waals surface area contributed by atoms with Gasteiger partial charge in [-0.1, -0.05) is 77.6 Å². The van der Waals surface area contributed by atoms with Crippen LogP contribution in [-0.4, -0.2) is 59.1 Å². The van der Waals surface area contributed by atoms with E-state index >= 15 is 0 Å². The zero-order chi connectivity index (χ0) is 20.3. The summed E-state index contributed by atoms with van der Waals surface area (Å²) in [6.07, 6.45) is 11.7. The number of hydrogen-bond donors (Lipinski definition) is 8. The first kappa shape index (κ1) is 28.4. The number of carbonyl (C=O) groups is 1. The van der Waals surface area contributed by atoms with Gasteiger partial charge in [0.25, 0.3) is 5.79 Å². The van der Waals surface area contributed by atoms with E-state index in [0.29, 0.717) is 6.42 Å². The second kappa shape index (κ2) is 13.4. The Bertz CT molecular complexity index is 399. The lowest BCUT2D eigenvalue weighted by atomic mass is 9.91. The molecule has 0 aromatic carbocycles. The molecule has 0 saturated heterocycles. The molecule has 0 aliphatic carbocycles. The minimum Gasteiger partial charge on any atom is -0.477 e. The van der Waals surface area contributed by atoms with E-state index in [4.69, 9.17) is 5.11 Å². The van der Waals surface area contributed by atoms with E-state index in [1.54, 1.807) is 0 Å². The summed E-state index contributed by atoms with van der Waals surface area (Å²) in [7, 11) is 0. The van der Waals surface area contributed by atoms with Crippen LogP contribution in [0.3, 0.4) is 0 Å². The first-order valence-electron chi connectivity index (χ1n) is 9.58. The molecular weight excluding hydrogens is 358 g/mol. The molecule has 0 rings (SSSR count). The number of unbranched alkanes of at least 4 members (excludes halogenated alkanes) is 11. The van der Waals surface area contributed by atoms with E-state index in [0.717, 1.165) is 25.7 Å². The molecule has 0 unspecified atom stereocenters. The number of carboxylic acids is 1. The summed E-state index contributed by atoms with van der Waals surface area (Å²) in [4.78, 5) is 10.6. The Morgan fingerprint density at radius 3 is 1.33 bits per heavy atom. The van der Waals surface area contributed by atoms with Crippen molar-refractivity contribution in [3.8, 4) is 0 Å². The van der Waals surface area contributed by atoms with Gasteiger partial charge in [0, 0.05) is 6.42 Å². The molecule has 10 N–H and O–H groups in total. The number of rotatable bonds is 16. The van der Waals surface area contributed by atoms with E-state index in [1.807, 2.05) is 0 Å². The zero-order valence-corrected chi connectivity index (χ0v) is 16.4. The largest absolute Gasteiger partial charge is 0.477 e. The van der Waals surface area contributed by atoms with Crippen molar-refractivity contribution in [2.24, 2.45) is 0 Å². The molecule has 0 radical (unpaired) electrons. The van der Waals surface area contributed by atoms with Gasteiger partial charge < -0.3 is 41.9 Å². The zero-order valence-electron chi connectivity index (χ0n) is 16.4. The van der Waals surface area contributed by atoms with Crippen LogP contribution in [0, 0.1) is 0 Å². The van der Waals surface area contributed by atoms with Crippen LogP contribution in [0.2, 0.25) is 0 Å². The van der Waals surface area contributed by atoms with Gasteiger partial charge in [0.2, 0.25) is 5.79 Å². The van der Waals surface area contributed by atoms with Gasteiger partial charge in [0.15, 0.2) is 0 Å². The molecule has 0 aliphatic heterocycles. The Hall–Kier alpha value is -0.810. The average molecular weight is 398 g/mol. The predicted molar refractivity (Wildman–Crippen MR) is 99.9 cm³/mol. The smallest absolute Gasteiger partial charge is 0.370 e. The molecule has 9 heteroatoms. The monoisotopic (exact) mass is 397 g/mol. The normalized spacial score (nSPS) is 12.7. The second-order valence-corrected chi connectivity index (χ2v) is 7.11. The van der Waals surface area contributed by atoms with Crippen LogP contribution in [0.5, 0.6) is 0 Å². The molecule has 0 atom stereocenters. The maximum absolute atomic E-state index is 10.6. The van der Waals surface area contributed by atoms with Gasteiger partial charge in [0.05, 0.1) is 0 Å². The van der Waals surface area contributed by atoms with Crippen LogP contribution >= 0.6 is 0 Å². The van der Waals surface area contributed by atoms with Gasteiger partial charge in [-0.05, 0) is 6.42 Å². The van der Waals surface area contributed by atoms with Crippen molar-refractivity contribution < 1.29 is 40.5 Å². The molecule has 0 saturated carbocycles. The van der Waals surface area contributed by atoms with Crippen LogP contribution in [0.4, 0.5) is 0 Å². The summed E-state index contributed by atoms with van der Waals surface area (Å²) >= 11 is 0. The maximum atomic E-state index is 10.6. The third-order valence-electron chi connectivity index (χ3n) is 4.72. The maximum Gasteiger partial charge on any atom is 0.370 e. The Balaban J connectivity index is 0. The van der Waals surface area contributed by atoms with Crippen LogP contribution in [0.25, 0.3) is 0 Å². The highest BCUT2D eigenvalue weighted by Crippen LogP contribution is 2.32. The van der Waals surface area contributed by atoms with Crippen LogP contribution in [0.1, 0.15) is 90.4 Å². The number of hydrogen-bond acceptors (Lipinski definition) is 8. The summed E-state index contributed by atoms with van der Waals surface area (Å²) in [5.41, 5.74) is 0. The molecule has 27 heavy (non-hydrogen) atoms. The van der Waals surface area contributed by atoms with Crippen molar-refractivity contribution >= 4 is 5.97 Å². The molecule has 0 spiro atoms. The van der Waals surface area contributed by atoms with Crippen LogP contribution < -0.4 is 6.15 Å². The quantitative estimate of drug-likeness (QED) is 0.140. The van der Waals surface area contributed by atoms with Crippen molar-refractivity contribution in [3.05, 3.63) is 0 Å². The highest BCUT2D eigenvalue weighted by Gasteiger charge is 2.65. The van der Waals surface area contributed by atoms with E-state index < -0.39 is 29.8 Å². The summed E-state index contributed by atoms with van der Waals surface area (Å²) < 4.78 is 0. The summed E-state index contributed by atoms with van der Waals surface area (Å²) in [6.45, 7) is 2.19. The second-order valence-electron chi connectivity index (χ2n) is 7.11. The minimum absolute atomic E-state index is 0. The minimum atomic E-state index is -4.10. The lowest BCUT2D eigenvalue weighted by Gasteiger charge is -2.40. The molecular formula is C18H39NO8. The predicted octanol–water partition coefficient (Wildman–Crippen LogP) is 1.37. The lowest BCUT2D eigenvalue weighted by molar-refractivity contribution is -0.441. The van der Waals surface area contributed by atoms with Crippen molar-refractivity contribution in [3.63, 3.8) is 0 Å². The number of aliphatic carboxylic acids is 1. The van der Waals surface area contributed by atoms with Crippen molar-refractivity contribution in [1.82, 2.24) is 6.15 Å². The third kappa shape index (κ3) is 9.29. The van der Waals surface area contributed by atoms with Crippen LogP contribution in [0.15, 0.2) is 0 Å². The molecule has 0 heterocycles. The molecule has 0 aliphatic rings. The molecule has 0 aromatic rings. The summed E-state index contributed by atoms with van der Waals surface area (Å²) in [6, 6.07) is 0. The average Bonchev–Trinajstić information content (AvgIpc) is 2.55. The van der Waals surface area contributed by atoms with Gasteiger partial charge in [-0.15, -0.1) is 0 Å². The summed E-state index contributed by atoms with van der Waals surface area (Å²) in [5.74, 6) is -13.9. The fourth-order valence-corrected chi connectivity index (χ4v) is 2.82. The van der Waals surface area contributed by atoms with Gasteiger partial charge in [-0.25, -0.2) is 4.79 Å². The Morgan fingerprint density at radius 2 is 1.00 bits per heavy atom. The first-order chi connectivity index (χ1) is 12.0. The van der Waals surface area contributed by atoms with Crippen molar-refractivity contribution in [1.29, 1.82) is 0 Å².